The number of hydrogen-bond donors (Lipinski definition) is 0. The van der Waals surface area contributed by atoms with E-state index in [9.17, 15) is 0 Å². The molecule has 0 bridgehead atoms. The second-order valence-corrected chi connectivity index (χ2v) is 4.81. The Balaban J connectivity index is 2.05. The zero-order valence-electron chi connectivity index (χ0n) is 8.64. The van der Waals surface area contributed by atoms with Crippen LogP contribution >= 0.6 is 23.2 Å². The van der Waals surface area contributed by atoms with Crippen LogP contribution in [0.1, 0.15) is 38.5 Å². The van der Waals surface area contributed by atoms with E-state index in [1.165, 1.54) is 12.8 Å². The first-order valence-corrected chi connectivity index (χ1v) is 6.50. The van der Waals surface area contributed by atoms with E-state index in [2.05, 4.69) is 0 Å². The first-order chi connectivity index (χ1) is 7.24. The average Bonchev–Trinajstić information content (AvgIpc) is 2.47. The molecule has 1 saturated heterocycles. The summed E-state index contributed by atoms with van der Waals surface area (Å²) in [7, 11) is 0. The molecule has 0 amide bonds. The molecule has 0 aromatic carbocycles. The maximum atomic E-state index is 5.85. The van der Waals surface area contributed by atoms with Crippen molar-refractivity contribution in [3.05, 3.63) is 0 Å². The van der Waals surface area contributed by atoms with Gasteiger partial charge in [-0.3, -0.25) is 0 Å². The molecule has 0 aromatic rings. The minimum Gasteiger partial charge on any atom is -0.310 e. The quantitative estimate of drug-likeness (QED) is 0.560. The van der Waals surface area contributed by atoms with Gasteiger partial charge >= 0.3 is 0 Å². The van der Waals surface area contributed by atoms with Gasteiger partial charge in [-0.1, -0.05) is 12.8 Å². The molecule has 1 aliphatic carbocycles. The van der Waals surface area contributed by atoms with Gasteiger partial charge in [0.05, 0.1) is 11.8 Å². The highest BCUT2D eigenvalue weighted by Gasteiger charge is 2.52. The molecule has 3 nitrogen and oxygen atoms in total. The lowest BCUT2D eigenvalue weighted by atomic mass is 10.1. The van der Waals surface area contributed by atoms with Crippen LogP contribution in [0.5, 0.6) is 0 Å². The Morgan fingerprint density at radius 1 is 0.867 bits per heavy atom. The summed E-state index contributed by atoms with van der Waals surface area (Å²) in [5, 5.41) is 0. The van der Waals surface area contributed by atoms with E-state index in [1.54, 1.807) is 0 Å². The summed E-state index contributed by atoms with van der Waals surface area (Å²) in [6.45, 7) is 0. The third kappa shape index (κ3) is 2.42. The number of rotatable bonds is 2. The monoisotopic (exact) mass is 254 g/mol. The van der Waals surface area contributed by atoms with Crippen molar-refractivity contribution >= 4 is 23.2 Å². The first-order valence-electron chi connectivity index (χ1n) is 5.43. The van der Waals surface area contributed by atoms with Crippen molar-refractivity contribution in [1.82, 2.24) is 0 Å². The van der Waals surface area contributed by atoms with Gasteiger partial charge in [-0.25, -0.2) is 0 Å². The lowest BCUT2D eigenvalue weighted by molar-refractivity contribution is -0.345. The topological polar surface area (TPSA) is 27.7 Å². The molecule has 5 heteroatoms. The van der Waals surface area contributed by atoms with Gasteiger partial charge in [0.2, 0.25) is 11.6 Å². The Hall–Kier alpha value is 0.460. The Bertz CT molecular complexity index is 211. The van der Waals surface area contributed by atoms with Crippen molar-refractivity contribution in [2.75, 3.05) is 11.8 Å². The standard InChI is InChI=1S/C10H16Cl2O3/c11-7-10(8-12)13-9(14-15-10)5-3-1-2-4-6-9/h1-8H2. The van der Waals surface area contributed by atoms with Gasteiger partial charge in [0.15, 0.2) is 0 Å². The lowest BCUT2D eigenvalue weighted by Gasteiger charge is -2.25. The second kappa shape index (κ2) is 4.76. The fraction of sp³-hybridized carbons (Fsp3) is 1.00. The summed E-state index contributed by atoms with van der Waals surface area (Å²) in [5.74, 6) is -1.16. The normalized spacial score (nSPS) is 29.2. The highest BCUT2D eigenvalue weighted by atomic mass is 35.5. The van der Waals surface area contributed by atoms with Gasteiger partial charge in [-0.05, 0) is 12.8 Å². The Morgan fingerprint density at radius 3 is 1.93 bits per heavy atom. The fourth-order valence-electron chi connectivity index (χ4n) is 2.11. The van der Waals surface area contributed by atoms with Gasteiger partial charge in [-0.15, -0.1) is 23.2 Å². The molecule has 88 valence electrons. The summed E-state index contributed by atoms with van der Waals surface area (Å²) in [5.41, 5.74) is 0. The summed E-state index contributed by atoms with van der Waals surface area (Å²) in [4.78, 5) is 10.6. The van der Waals surface area contributed by atoms with Crippen LogP contribution in [0.15, 0.2) is 0 Å². The molecule has 0 unspecified atom stereocenters. The van der Waals surface area contributed by atoms with Gasteiger partial charge in [0.25, 0.3) is 0 Å². The molecule has 2 rings (SSSR count). The zero-order chi connectivity index (χ0) is 10.8. The van der Waals surface area contributed by atoms with Gasteiger partial charge in [0.1, 0.15) is 0 Å². The SMILES string of the molecule is ClCC1(CCl)OOC2(CCCCCC2)O1. The maximum Gasteiger partial charge on any atom is 0.231 e. The van der Waals surface area contributed by atoms with Gasteiger partial charge < -0.3 is 4.74 Å². The van der Waals surface area contributed by atoms with E-state index in [0.717, 1.165) is 25.7 Å². The molecule has 0 atom stereocenters. The third-order valence-corrected chi connectivity index (χ3v) is 3.80. The highest BCUT2D eigenvalue weighted by molar-refractivity contribution is 6.21. The van der Waals surface area contributed by atoms with E-state index in [-0.39, 0.29) is 11.8 Å². The molecule has 0 radical (unpaired) electrons. The van der Waals surface area contributed by atoms with Crippen LogP contribution in [0.2, 0.25) is 0 Å². The van der Waals surface area contributed by atoms with Crippen LogP contribution < -0.4 is 0 Å². The summed E-state index contributed by atoms with van der Waals surface area (Å²) < 4.78 is 5.85. The molecule has 1 spiro atoms. The predicted molar refractivity (Wildman–Crippen MR) is 57.9 cm³/mol. The molecule has 1 aliphatic heterocycles. The lowest BCUT2D eigenvalue weighted by Crippen LogP contribution is -2.39. The van der Waals surface area contributed by atoms with E-state index in [0.29, 0.717) is 0 Å². The van der Waals surface area contributed by atoms with Crippen molar-refractivity contribution in [2.24, 2.45) is 0 Å². The molecule has 0 N–H and O–H groups in total. The van der Waals surface area contributed by atoms with Crippen molar-refractivity contribution in [1.29, 1.82) is 0 Å². The first kappa shape index (κ1) is 11.9. The smallest absolute Gasteiger partial charge is 0.231 e. The minimum atomic E-state index is -0.951. The van der Waals surface area contributed by atoms with Crippen molar-refractivity contribution in [3.63, 3.8) is 0 Å². The Morgan fingerprint density at radius 2 is 1.47 bits per heavy atom. The summed E-state index contributed by atoms with van der Waals surface area (Å²) in [6, 6.07) is 0. The van der Waals surface area contributed by atoms with Crippen LogP contribution in [0.4, 0.5) is 0 Å². The number of ether oxygens (including phenoxy) is 1. The van der Waals surface area contributed by atoms with Crippen LogP contribution in [0.25, 0.3) is 0 Å². The molecule has 2 fully saturated rings. The van der Waals surface area contributed by atoms with Crippen LogP contribution in [-0.4, -0.2) is 23.3 Å². The number of hydrogen-bond acceptors (Lipinski definition) is 3. The van der Waals surface area contributed by atoms with Crippen LogP contribution in [0.3, 0.4) is 0 Å². The van der Waals surface area contributed by atoms with E-state index < -0.39 is 11.6 Å². The van der Waals surface area contributed by atoms with Gasteiger partial charge in [0, 0.05) is 12.8 Å². The molecular weight excluding hydrogens is 239 g/mol. The highest BCUT2D eigenvalue weighted by Crippen LogP contribution is 2.42. The molecule has 2 aliphatic rings. The molecule has 15 heavy (non-hydrogen) atoms. The Kier molecular flexibility index (Phi) is 3.79. The zero-order valence-corrected chi connectivity index (χ0v) is 10.1. The van der Waals surface area contributed by atoms with Crippen molar-refractivity contribution in [2.45, 2.75) is 50.1 Å². The largest absolute Gasteiger partial charge is 0.310 e. The van der Waals surface area contributed by atoms with Crippen LogP contribution in [-0.2, 0) is 14.5 Å². The van der Waals surface area contributed by atoms with Crippen LogP contribution in [0, 0.1) is 0 Å². The summed E-state index contributed by atoms with van der Waals surface area (Å²) >= 11 is 11.6. The van der Waals surface area contributed by atoms with Crippen molar-refractivity contribution in [3.8, 4) is 0 Å². The number of alkyl halides is 2. The number of halogens is 2. The second-order valence-electron chi connectivity index (χ2n) is 4.27. The predicted octanol–water partition coefficient (Wildman–Crippen LogP) is 3.19. The van der Waals surface area contributed by atoms with E-state index in [1.807, 2.05) is 0 Å². The van der Waals surface area contributed by atoms with E-state index in [4.69, 9.17) is 37.7 Å². The van der Waals surface area contributed by atoms with Gasteiger partial charge in [-0.2, -0.15) is 9.78 Å². The molecule has 1 heterocycles. The van der Waals surface area contributed by atoms with E-state index >= 15 is 0 Å². The Labute approximate surface area is 99.9 Å². The molecule has 1 saturated carbocycles. The maximum absolute atomic E-state index is 5.85. The third-order valence-electron chi connectivity index (χ3n) is 2.99. The fourth-order valence-corrected chi connectivity index (χ4v) is 2.60. The van der Waals surface area contributed by atoms with Crippen molar-refractivity contribution < 1.29 is 14.5 Å². The molecule has 0 aromatic heterocycles. The minimum absolute atomic E-state index is 0.193. The summed E-state index contributed by atoms with van der Waals surface area (Å²) in [6.07, 6.45) is 6.38. The molecular formula is C10H16Cl2O3. The average molecular weight is 255 g/mol.